The fourth-order valence-corrected chi connectivity index (χ4v) is 2.03. The summed E-state index contributed by atoms with van der Waals surface area (Å²) in [6, 6.07) is 5.28. The van der Waals surface area contributed by atoms with Gasteiger partial charge in [-0.2, -0.15) is 0 Å². The molecule has 13 heavy (non-hydrogen) atoms. The summed E-state index contributed by atoms with van der Waals surface area (Å²) in [6.45, 7) is 1.63. The summed E-state index contributed by atoms with van der Waals surface area (Å²) in [5.41, 5.74) is 2.23. The fourth-order valence-electron chi connectivity index (χ4n) is 2.03. The fraction of sp³-hybridized carbons (Fsp3) is 0.364. The van der Waals surface area contributed by atoms with E-state index in [4.69, 9.17) is 0 Å². The van der Waals surface area contributed by atoms with E-state index in [2.05, 4.69) is 0 Å². The maximum atomic E-state index is 11.2. The van der Waals surface area contributed by atoms with Gasteiger partial charge in [-0.15, -0.1) is 0 Å². The number of hydrogen-bond acceptors (Lipinski definition) is 2. The van der Waals surface area contributed by atoms with Crippen molar-refractivity contribution in [3.8, 4) is 5.75 Å². The molecular weight excluding hydrogens is 164 g/mol. The van der Waals surface area contributed by atoms with Crippen molar-refractivity contribution in [1.29, 1.82) is 0 Å². The highest BCUT2D eigenvalue weighted by atomic mass is 16.3. The van der Waals surface area contributed by atoms with Gasteiger partial charge in [0.15, 0.2) is 0 Å². The van der Waals surface area contributed by atoms with Crippen LogP contribution in [0.5, 0.6) is 5.75 Å². The van der Waals surface area contributed by atoms with Crippen LogP contribution in [-0.2, 0) is 11.2 Å². The number of carbonyl (C=O) groups excluding carboxylic acids is 1. The van der Waals surface area contributed by atoms with Crippen molar-refractivity contribution in [3.05, 3.63) is 29.3 Å². The number of fused-ring (bicyclic) bond motifs is 1. The Labute approximate surface area is 77.2 Å². The van der Waals surface area contributed by atoms with Crippen molar-refractivity contribution in [1.82, 2.24) is 0 Å². The van der Waals surface area contributed by atoms with Crippen LogP contribution in [0.2, 0.25) is 0 Å². The highest BCUT2D eigenvalue weighted by molar-refractivity contribution is 5.84. The summed E-state index contributed by atoms with van der Waals surface area (Å²) in [7, 11) is 0. The monoisotopic (exact) mass is 176 g/mol. The second kappa shape index (κ2) is 2.87. The van der Waals surface area contributed by atoms with Gasteiger partial charge in [0.25, 0.3) is 0 Å². The molecule has 0 spiro atoms. The van der Waals surface area contributed by atoms with Crippen molar-refractivity contribution in [2.24, 2.45) is 0 Å². The van der Waals surface area contributed by atoms with Crippen LogP contribution in [0.25, 0.3) is 0 Å². The van der Waals surface area contributed by atoms with Gasteiger partial charge < -0.3 is 5.11 Å². The van der Waals surface area contributed by atoms with Gasteiger partial charge in [0.2, 0.25) is 0 Å². The van der Waals surface area contributed by atoms with E-state index in [0.717, 1.165) is 24.0 Å². The van der Waals surface area contributed by atoms with Gasteiger partial charge in [-0.1, -0.05) is 6.07 Å². The molecule has 2 nitrogen and oxygen atoms in total. The molecule has 1 aliphatic rings. The molecule has 2 heteroatoms. The minimum absolute atomic E-state index is 0.0654. The van der Waals surface area contributed by atoms with E-state index >= 15 is 0 Å². The average Bonchev–Trinajstić information content (AvgIpc) is 2.46. The number of benzene rings is 1. The molecule has 0 saturated heterocycles. The lowest BCUT2D eigenvalue weighted by Crippen LogP contribution is -2.03. The Bertz CT molecular complexity index is 355. The van der Waals surface area contributed by atoms with Gasteiger partial charge in [0, 0.05) is 5.92 Å². The molecule has 1 aromatic rings. The molecule has 1 N–H and O–H groups in total. The molecule has 0 amide bonds. The molecule has 0 aliphatic heterocycles. The SMILES string of the molecule is CC(=O)C1CCc2cc(O)ccc21. The van der Waals surface area contributed by atoms with Crippen LogP contribution >= 0.6 is 0 Å². The Hall–Kier alpha value is -1.31. The lowest BCUT2D eigenvalue weighted by molar-refractivity contribution is -0.118. The third kappa shape index (κ3) is 1.32. The lowest BCUT2D eigenvalue weighted by atomic mass is 9.98. The summed E-state index contributed by atoms with van der Waals surface area (Å²) in [5.74, 6) is 0.586. The number of ketones is 1. The standard InChI is InChI=1S/C11H12O2/c1-7(12)10-4-2-8-6-9(13)3-5-11(8)10/h3,5-6,10,13H,2,4H2,1H3. The van der Waals surface area contributed by atoms with Crippen LogP contribution in [0, 0.1) is 0 Å². The largest absolute Gasteiger partial charge is 0.508 e. The van der Waals surface area contributed by atoms with Crippen LogP contribution < -0.4 is 0 Å². The van der Waals surface area contributed by atoms with E-state index in [0.29, 0.717) is 5.75 Å². The normalized spacial score (nSPS) is 19.9. The summed E-state index contributed by atoms with van der Waals surface area (Å²) in [4.78, 5) is 11.2. The number of aromatic hydroxyl groups is 1. The minimum atomic E-state index is 0.0654. The van der Waals surface area contributed by atoms with E-state index in [9.17, 15) is 9.90 Å². The highest BCUT2D eigenvalue weighted by Gasteiger charge is 2.25. The summed E-state index contributed by atoms with van der Waals surface area (Å²) in [5, 5.41) is 9.24. The number of carbonyl (C=O) groups is 1. The van der Waals surface area contributed by atoms with Crippen LogP contribution in [0.4, 0.5) is 0 Å². The summed E-state index contributed by atoms with van der Waals surface area (Å²) >= 11 is 0. The molecule has 0 heterocycles. The highest BCUT2D eigenvalue weighted by Crippen LogP contribution is 2.35. The number of rotatable bonds is 1. The molecule has 68 valence electrons. The second-order valence-electron chi connectivity index (χ2n) is 3.59. The van der Waals surface area contributed by atoms with Crippen LogP contribution in [0.3, 0.4) is 0 Å². The maximum Gasteiger partial charge on any atom is 0.137 e. The smallest absolute Gasteiger partial charge is 0.137 e. The number of Topliss-reactive ketones (excluding diaryl/α,β-unsaturated/α-hetero) is 1. The van der Waals surface area contributed by atoms with Gasteiger partial charge in [0.05, 0.1) is 0 Å². The number of phenolic OH excluding ortho intramolecular Hbond substituents is 1. The zero-order valence-corrected chi connectivity index (χ0v) is 7.58. The predicted molar refractivity (Wildman–Crippen MR) is 49.8 cm³/mol. The molecule has 2 rings (SSSR count). The Morgan fingerprint density at radius 3 is 3.00 bits per heavy atom. The quantitative estimate of drug-likeness (QED) is 0.710. The van der Waals surface area contributed by atoms with Crippen molar-refractivity contribution in [3.63, 3.8) is 0 Å². The first kappa shape index (κ1) is 8.30. The molecule has 1 atom stereocenters. The molecule has 0 radical (unpaired) electrons. The molecule has 1 unspecified atom stereocenters. The van der Waals surface area contributed by atoms with Crippen molar-refractivity contribution in [2.45, 2.75) is 25.7 Å². The Morgan fingerprint density at radius 1 is 1.54 bits per heavy atom. The Morgan fingerprint density at radius 2 is 2.31 bits per heavy atom. The first-order valence-corrected chi connectivity index (χ1v) is 4.50. The van der Waals surface area contributed by atoms with Crippen LogP contribution in [-0.4, -0.2) is 10.9 Å². The average molecular weight is 176 g/mol. The van der Waals surface area contributed by atoms with Gasteiger partial charge in [-0.25, -0.2) is 0 Å². The molecular formula is C11H12O2. The van der Waals surface area contributed by atoms with Crippen molar-refractivity contribution >= 4 is 5.78 Å². The van der Waals surface area contributed by atoms with Crippen molar-refractivity contribution in [2.75, 3.05) is 0 Å². The van der Waals surface area contributed by atoms with Gasteiger partial charge in [-0.05, 0) is 43.0 Å². The van der Waals surface area contributed by atoms with E-state index in [-0.39, 0.29) is 11.7 Å². The van der Waals surface area contributed by atoms with E-state index in [1.807, 2.05) is 6.07 Å². The first-order chi connectivity index (χ1) is 6.18. The van der Waals surface area contributed by atoms with E-state index in [1.54, 1.807) is 19.1 Å². The first-order valence-electron chi connectivity index (χ1n) is 4.50. The summed E-state index contributed by atoms with van der Waals surface area (Å²) < 4.78 is 0. The van der Waals surface area contributed by atoms with Crippen LogP contribution in [0.15, 0.2) is 18.2 Å². The third-order valence-electron chi connectivity index (χ3n) is 2.70. The zero-order valence-electron chi connectivity index (χ0n) is 7.58. The van der Waals surface area contributed by atoms with E-state index < -0.39 is 0 Å². The summed E-state index contributed by atoms with van der Waals surface area (Å²) in [6.07, 6.45) is 1.81. The molecule has 0 saturated carbocycles. The number of hydrogen-bond donors (Lipinski definition) is 1. The molecule has 0 fully saturated rings. The second-order valence-corrected chi connectivity index (χ2v) is 3.59. The zero-order chi connectivity index (χ0) is 9.42. The topological polar surface area (TPSA) is 37.3 Å². The third-order valence-corrected chi connectivity index (χ3v) is 2.70. The van der Waals surface area contributed by atoms with Crippen molar-refractivity contribution < 1.29 is 9.90 Å². The van der Waals surface area contributed by atoms with Gasteiger partial charge in [-0.3, -0.25) is 4.79 Å². The van der Waals surface area contributed by atoms with Gasteiger partial charge in [0.1, 0.15) is 11.5 Å². The molecule has 0 aromatic heterocycles. The number of phenols is 1. The van der Waals surface area contributed by atoms with E-state index in [1.165, 1.54) is 0 Å². The van der Waals surface area contributed by atoms with Crippen LogP contribution in [0.1, 0.15) is 30.4 Å². The maximum absolute atomic E-state index is 11.2. The Kier molecular flexibility index (Phi) is 1.83. The minimum Gasteiger partial charge on any atom is -0.508 e. The Balaban J connectivity index is 2.44. The van der Waals surface area contributed by atoms with Gasteiger partial charge >= 0.3 is 0 Å². The molecule has 1 aliphatic carbocycles. The number of aryl methyl sites for hydroxylation is 1. The predicted octanol–water partition coefficient (Wildman–Crippen LogP) is 2.01. The molecule has 1 aromatic carbocycles. The lowest BCUT2D eigenvalue weighted by Gasteiger charge is -2.06. The molecule has 0 bridgehead atoms.